The zero-order valence-corrected chi connectivity index (χ0v) is 17.1. The first-order valence-electron chi connectivity index (χ1n) is 10.5. The summed E-state index contributed by atoms with van der Waals surface area (Å²) in [6.45, 7) is 8.93. The molecule has 2 heterocycles. The normalized spacial score (nSPS) is 26.0. The molecule has 0 aromatic carbocycles. The molecule has 0 saturated carbocycles. The summed E-state index contributed by atoms with van der Waals surface area (Å²) < 4.78 is 39.4. The Hall–Kier alpha value is -0.280. The summed E-state index contributed by atoms with van der Waals surface area (Å²) in [6.07, 6.45) is 6.50. The number of ether oxygens (including phenoxy) is 7. The Morgan fingerprint density at radius 1 is 0.667 bits per heavy atom. The third-order valence-corrected chi connectivity index (χ3v) is 4.49. The highest BCUT2D eigenvalue weighted by Gasteiger charge is 2.18. The van der Waals surface area contributed by atoms with Crippen LogP contribution in [0.5, 0.6) is 0 Å². The van der Waals surface area contributed by atoms with Crippen LogP contribution in [0.1, 0.15) is 52.4 Å². The fraction of sp³-hybridized carbons (Fsp3) is 1.00. The van der Waals surface area contributed by atoms with Gasteiger partial charge in [-0.15, -0.1) is 0 Å². The van der Waals surface area contributed by atoms with Crippen molar-refractivity contribution in [1.29, 1.82) is 0 Å². The molecule has 0 bridgehead atoms. The standard InChI is InChI=1S/C20H38O7/c1-17(26-19-7-3-5-9-24-19)15-22-13-11-21-12-14-23-16-18(2)27-20-8-4-6-10-25-20/h17-20H,3-16H2,1-2H3/t17-,18-,19?,20?/m0/s1. The van der Waals surface area contributed by atoms with Gasteiger partial charge in [0.1, 0.15) is 0 Å². The van der Waals surface area contributed by atoms with Crippen LogP contribution in [-0.4, -0.2) is 77.6 Å². The highest BCUT2D eigenvalue weighted by molar-refractivity contribution is 4.58. The van der Waals surface area contributed by atoms with Crippen molar-refractivity contribution in [3.8, 4) is 0 Å². The van der Waals surface area contributed by atoms with E-state index in [4.69, 9.17) is 33.2 Å². The third-order valence-electron chi connectivity index (χ3n) is 4.49. The third kappa shape index (κ3) is 11.3. The van der Waals surface area contributed by atoms with Crippen LogP contribution in [0.2, 0.25) is 0 Å². The van der Waals surface area contributed by atoms with E-state index in [1.54, 1.807) is 0 Å². The van der Waals surface area contributed by atoms with Crippen molar-refractivity contribution < 1.29 is 33.2 Å². The SMILES string of the molecule is C[C@@H](COCCOCCOC[C@H](C)OC1CCCCO1)OC1CCCCO1. The summed E-state index contributed by atoms with van der Waals surface area (Å²) >= 11 is 0. The Labute approximate surface area is 163 Å². The first kappa shape index (κ1) is 23.0. The first-order valence-corrected chi connectivity index (χ1v) is 10.5. The molecule has 0 amide bonds. The highest BCUT2D eigenvalue weighted by atomic mass is 16.7. The molecule has 27 heavy (non-hydrogen) atoms. The second kappa shape index (κ2) is 14.7. The molecule has 2 rings (SSSR count). The summed E-state index contributed by atoms with van der Waals surface area (Å²) in [6, 6.07) is 0. The van der Waals surface area contributed by atoms with Crippen LogP contribution >= 0.6 is 0 Å². The van der Waals surface area contributed by atoms with Crippen molar-refractivity contribution in [2.24, 2.45) is 0 Å². The van der Waals surface area contributed by atoms with Crippen molar-refractivity contribution in [1.82, 2.24) is 0 Å². The molecule has 0 aromatic rings. The number of rotatable bonds is 14. The van der Waals surface area contributed by atoms with E-state index in [2.05, 4.69) is 0 Å². The van der Waals surface area contributed by atoms with Crippen LogP contribution in [0.15, 0.2) is 0 Å². The Balaban J connectivity index is 1.33. The lowest BCUT2D eigenvalue weighted by atomic mass is 10.2. The molecular weight excluding hydrogens is 352 g/mol. The molecule has 0 radical (unpaired) electrons. The Kier molecular flexibility index (Phi) is 12.5. The van der Waals surface area contributed by atoms with E-state index < -0.39 is 0 Å². The van der Waals surface area contributed by atoms with E-state index >= 15 is 0 Å². The smallest absolute Gasteiger partial charge is 0.158 e. The fourth-order valence-electron chi connectivity index (χ4n) is 3.07. The molecule has 4 atom stereocenters. The fourth-order valence-corrected chi connectivity index (χ4v) is 3.07. The Morgan fingerprint density at radius 3 is 1.52 bits per heavy atom. The van der Waals surface area contributed by atoms with Gasteiger partial charge in [-0.2, -0.15) is 0 Å². The van der Waals surface area contributed by atoms with Crippen molar-refractivity contribution in [2.75, 3.05) is 52.9 Å². The van der Waals surface area contributed by atoms with Crippen molar-refractivity contribution >= 4 is 0 Å². The molecule has 2 fully saturated rings. The van der Waals surface area contributed by atoms with Crippen LogP contribution in [0.3, 0.4) is 0 Å². The molecule has 0 aromatic heterocycles. The monoisotopic (exact) mass is 390 g/mol. The van der Waals surface area contributed by atoms with E-state index in [0.717, 1.165) is 38.9 Å². The maximum Gasteiger partial charge on any atom is 0.158 e. The van der Waals surface area contributed by atoms with Crippen molar-refractivity contribution in [3.05, 3.63) is 0 Å². The van der Waals surface area contributed by atoms with Gasteiger partial charge >= 0.3 is 0 Å². The Bertz CT molecular complexity index is 311. The maximum atomic E-state index is 5.80. The predicted octanol–water partition coefficient (Wildman–Crippen LogP) is 2.90. The lowest BCUT2D eigenvalue weighted by Crippen LogP contribution is -2.29. The molecular formula is C20H38O7. The molecule has 0 N–H and O–H groups in total. The quantitative estimate of drug-likeness (QED) is 0.423. The lowest BCUT2D eigenvalue weighted by molar-refractivity contribution is -0.195. The van der Waals surface area contributed by atoms with Gasteiger partial charge in [-0.1, -0.05) is 0 Å². The molecule has 0 aliphatic carbocycles. The Morgan fingerprint density at radius 2 is 1.11 bits per heavy atom. The van der Waals surface area contributed by atoms with Crippen molar-refractivity contribution in [3.63, 3.8) is 0 Å². The maximum absolute atomic E-state index is 5.80. The summed E-state index contributed by atoms with van der Waals surface area (Å²) in [5, 5.41) is 0. The van der Waals surface area contributed by atoms with Crippen molar-refractivity contribution in [2.45, 2.75) is 77.2 Å². The van der Waals surface area contributed by atoms with Crippen LogP contribution in [0.25, 0.3) is 0 Å². The molecule has 160 valence electrons. The molecule has 7 heteroatoms. The topological polar surface area (TPSA) is 64.6 Å². The molecule has 7 nitrogen and oxygen atoms in total. The summed E-state index contributed by atoms with van der Waals surface area (Å²) in [5.41, 5.74) is 0. The predicted molar refractivity (Wildman–Crippen MR) is 101 cm³/mol. The summed E-state index contributed by atoms with van der Waals surface area (Å²) in [5.74, 6) is 0. The van der Waals surface area contributed by atoms with E-state index in [1.165, 1.54) is 12.8 Å². The molecule has 2 aliphatic rings. The highest BCUT2D eigenvalue weighted by Crippen LogP contribution is 2.16. The zero-order chi connectivity index (χ0) is 19.2. The van der Waals surface area contributed by atoms with Gasteiger partial charge in [0.2, 0.25) is 0 Å². The zero-order valence-electron chi connectivity index (χ0n) is 17.1. The van der Waals surface area contributed by atoms with E-state index in [1.807, 2.05) is 13.8 Å². The van der Waals surface area contributed by atoms with Gasteiger partial charge in [-0.3, -0.25) is 0 Å². The minimum atomic E-state index is -0.0678. The molecule has 2 saturated heterocycles. The lowest BCUT2D eigenvalue weighted by Gasteiger charge is -2.26. The molecule has 2 unspecified atom stereocenters. The van der Waals surface area contributed by atoms with E-state index in [9.17, 15) is 0 Å². The van der Waals surface area contributed by atoms with Gasteiger partial charge in [-0.05, 0) is 52.4 Å². The van der Waals surface area contributed by atoms with Gasteiger partial charge in [0, 0.05) is 13.2 Å². The van der Waals surface area contributed by atoms with Crippen LogP contribution in [-0.2, 0) is 33.2 Å². The van der Waals surface area contributed by atoms with Crippen LogP contribution in [0, 0.1) is 0 Å². The number of hydrogen-bond donors (Lipinski definition) is 0. The van der Waals surface area contributed by atoms with Crippen LogP contribution in [0.4, 0.5) is 0 Å². The molecule has 2 aliphatic heterocycles. The average molecular weight is 391 g/mol. The average Bonchev–Trinajstić information content (AvgIpc) is 2.68. The second-order valence-electron chi connectivity index (χ2n) is 7.25. The molecule has 0 spiro atoms. The summed E-state index contributed by atoms with van der Waals surface area (Å²) in [4.78, 5) is 0. The minimum Gasteiger partial charge on any atom is -0.377 e. The van der Waals surface area contributed by atoms with Crippen LogP contribution < -0.4 is 0 Å². The second-order valence-corrected chi connectivity index (χ2v) is 7.25. The van der Waals surface area contributed by atoms with Gasteiger partial charge < -0.3 is 33.2 Å². The first-order chi connectivity index (χ1) is 13.2. The largest absolute Gasteiger partial charge is 0.377 e. The van der Waals surface area contributed by atoms with Gasteiger partial charge in [0.05, 0.1) is 51.8 Å². The van der Waals surface area contributed by atoms with E-state index in [0.29, 0.717) is 39.6 Å². The van der Waals surface area contributed by atoms with E-state index in [-0.39, 0.29) is 24.8 Å². The van der Waals surface area contributed by atoms with Gasteiger partial charge in [0.15, 0.2) is 12.6 Å². The number of hydrogen-bond acceptors (Lipinski definition) is 7. The van der Waals surface area contributed by atoms with Gasteiger partial charge in [0.25, 0.3) is 0 Å². The minimum absolute atomic E-state index is 0.0334. The van der Waals surface area contributed by atoms with Gasteiger partial charge in [-0.25, -0.2) is 0 Å². The summed E-state index contributed by atoms with van der Waals surface area (Å²) in [7, 11) is 0.